The SMILES string of the molecule is NC(CCCCCCC(=O)c1ccc(C(O)CO)cc1)C(=O)O. The number of carboxylic acid groups (broad SMARTS) is 1. The number of carbonyl (C=O) groups excluding carboxylic acids is 1. The number of rotatable bonds is 11. The van der Waals surface area contributed by atoms with Crippen LogP contribution in [0.25, 0.3) is 0 Å². The molecule has 0 amide bonds. The lowest BCUT2D eigenvalue weighted by atomic mass is 10.0. The van der Waals surface area contributed by atoms with Gasteiger partial charge in [-0.2, -0.15) is 0 Å². The summed E-state index contributed by atoms with van der Waals surface area (Å²) in [4.78, 5) is 22.6. The first kappa shape index (κ1) is 19.3. The smallest absolute Gasteiger partial charge is 0.320 e. The van der Waals surface area contributed by atoms with Crippen molar-refractivity contribution < 1.29 is 24.9 Å². The molecule has 0 saturated heterocycles. The Morgan fingerprint density at radius 1 is 1.04 bits per heavy atom. The van der Waals surface area contributed by atoms with Crippen molar-refractivity contribution in [3.8, 4) is 0 Å². The molecule has 6 heteroatoms. The van der Waals surface area contributed by atoms with Crippen LogP contribution in [-0.2, 0) is 4.79 Å². The number of unbranched alkanes of at least 4 members (excludes halogenated alkanes) is 3. The maximum absolute atomic E-state index is 12.0. The lowest BCUT2D eigenvalue weighted by Gasteiger charge is -2.08. The maximum Gasteiger partial charge on any atom is 0.320 e. The Hall–Kier alpha value is -1.76. The van der Waals surface area contributed by atoms with Crippen LogP contribution in [0.1, 0.15) is 60.6 Å². The highest BCUT2D eigenvalue weighted by Crippen LogP contribution is 2.15. The van der Waals surface area contributed by atoms with Gasteiger partial charge in [0.1, 0.15) is 12.1 Å². The fourth-order valence-electron chi connectivity index (χ4n) is 2.27. The van der Waals surface area contributed by atoms with E-state index in [2.05, 4.69) is 0 Å². The minimum atomic E-state index is -0.977. The molecule has 0 aliphatic carbocycles. The third-order valence-electron chi connectivity index (χ3n) is 3.78. The van der Waals surface area contributed by atoms with E-state index in [0.717, 1.165) is 25.7 Å². The molecular weight excluding hydrogens is 298 g/mol. The quantitative estimate of drug-likeness (QED) is 0.363. The summed E-state index contributed by atoms with van der Waals surface area (Å²) >= 11 is 0. The molecule has 0 fully saturated rings. The summed E-state index contributed by atoms with van der Waals surface area (Å²) < 4.78 is 0. The van der Waals surface area contributed by atoms with Crippen LogP contribution >= 0.6 is 0 Å². The van der Waals surface area contributed by atoms with E-state index in [1.165, 1.54) is 0 Å². The van der Waals surface area contributed by atoms with Crippen molar-refractivity contribution in [1.82, 2.24) is 0 Å². The normalized spacial score (nSPS) is 13.5. The Kier molecular flexibility index (Phi) is 8.47. The van der Waals surface area contributed by atoms with Gasteiger partial charge in [0.25, 0.3) is 0 Å². The van der Waals surface area contributed by atoms with Crippen molar-refractivity contribution in [3.05, 3.63) is 35.4 Å². The summed E-state index contributed by atoms with van der Waals surface area (Å²) in [6.45, 7) is -0.348. The third kappa shape index (κ3) is 6.90. The summed E-state index contributed by atoms with van der Waals surface area (Å²) in [7, 11) is 0. The zero-order valence-electron chi connectivity index (χ0n) is 13.1. The van der Waals surface area contributed by atoms with Crippen LogP contribution in [0.3, 0.4) is 0 Å². The lowest BCUT2D eigenvalue weighted by Crippen LogP contribution is -2.29. The van der Waals surface area contributed by atoms with E-state index in [4.69, 9.17) is 15.9 Å². The Labute approximate surface area is 135 Å². The summed E-state index contributed by atoms with van der Waals surface area (Å²) in [5, 5.41) is 27.0. The van der Waals surface area contributed by atoms with Gasteiger partial charge >= 0.3 is 5.97 Å². The molecule has 2 unspecified atom stereocenters. The molecule has 6 nitrogen and oxygen atoms in total. The van der Waals surface area contributed by atoms with Crippen LogP contribution < -0.4 is 5.73 Å². The molecule has 0 aromatic heterocycles. The second-order valence-electron chi connectivity index (χ2n) is 5.64. The largest absolute Gasteiger partial charge is 0.480 e. The predicted molar refractivity (Wildman–Crippen MR) is 86.1 cm³/mol. The maximum atomic E-state index is 12.0. The van der Waals surface area contributed by atoms with Crippen LogP contribution in [0.2, 0.25) is 0 Å². The standard InChI is InChI=1S/C17H25NO5/c18-14(17(22)23)5-3-1-2-4-6-15(20)12-7-9-13(10-8-12)16(21)11-19/h7-10,14,16,19,21H,1-6,11,18H2,(H,22,23). The highest BCUT2D eigenvalue weighted by atomic mass is 16.4. The molecule has 0 spiro atoms. The van der Waals surface area contributed by atoms with Gasteiger partial charge in [0, 0.05) is 12.0 Å². The van der Waals surface area contributed by atoms with Crippen molar-refractivity contribution in [2.75, 3.05) is 6.61 Å². The van der Waals surface area contributed by atoms with Gasteiger partial charge < -0.3 is 21.1 Å². The van der Waals surface area contributed by atoms with E-state index in [-0.39, 0.29) is 12.4 Å². The van der Waals surface area contributed by atoms with Gasteiger partial charge in [-0.1, -0.05) is 43.5 Å². The molecule has 0 radical (unpaired) electrons. The van der Waals surface area contributed by atoms with E-state index >= 15 is 0 Å². The van der Waals surface area contributed by atoms with Crippen molar-refractivity contribution in [2.24, 2.45) is 5.73 Å². The molecule has 0 bridgehead atoms. The molecule has 5 N–H and O–H groups in total. The second kappa shape index (κ2) is 10.1. The van der Waals surface area contributed by atoms with Gasteiger partial charge in [0.2, 0.25) is 0 Å². The highest BCUT2D eigenvalue weighted by molar-refractivity contribution is 5.96. The van der Waals surface area contributed by atoms with Crippen molar-refractivity contribution in [3.63, 3.8) is 0 Å². The average Bonchev–Trinajstić information content (AvgIpc) is 2.56. The number of carbonyl (C=O) groups is 2. The molecule has 1 aromatic carbocycles. The molecule has 23 heavy (non-hydrogen) atoms. The van der Waals surface area contributed by atoms with Crippen LogP contribution in [-0.4, -0.2) is 39.7 Å². The first-order chi connectivity index (χ1) is 11.0. The van der Waals surface area contributed by atoms with Crippen LogP contribution in [0, 0.1) is 0 Å². The number of aliphatic hydroxyl groups excluding tert-OH is 2. The van der Waals surface area contributed by atoms with Crippen molar-refractivity contribution >= 4 is 11.8 Å². The zero-order valence-corrected chi connectivity index (χ0v) is 13.1. The van der Waals surface area contributed by atoms with E-state index in [0.29, 0.717) is 24.0 Å². The van der Waals surface area contributed by atoms with E-state index in [1.807, 2.05) is 0 Å². The second-order valence-corrected chi connectivity index (χ2v) is 5.64. The van der Waals surface area contributed by atoms with E-state index in [1.54, 1.807) is 24.3 Å². The third-order valence-corrected chi connectivity index (χ3v) is 3.78. The number of Topliss-reactive ketones (excluding diaryl/α,β-unsaturated/α-hetero) is 1. The Bertz CT molecular complexity index is 500. The molecule has 0 saturated carbocycles. The first-order valence-corrected chi connectivity index (χ1v) is 7.86. The fraction of sp³-hybridized carbons (Fsp3) is 0.529. The van der Waals surface area contributed by atoms with Crippen molar-refractivity contribution in [1.29, 1.82) is 0 Å². The minimum absolute atomic E-state index is 0.0391. The highest BCUT2D eigenvalue weighted by Gasteiger charge is 2.11. The Balaban J connectivity index is 2.25. The number of nitrogens with two attached hydrogens (primary N) is 1. The van der Waals surface area contributed by atoms with Crippen molar-refractivity contribution in [2.45, 2.75) is 50.7 Å². The Morgan fingerprint density at radius 3 is 2.22 bits per heavy atom. The number of aliphatic carboxylic acids is 1. The van der Waals surface area contributed by atoms with Crippen LogP contribution in [0.5, 0.6) is 0 Å². The van der Waals surface area contributed by atoms with E-state index < -0.39 is 18.1 Å². The van der Waals surface area contributed by atoms with Gasteiger partial charge in [0.05, 0.1) is 6.61 Å². The molecule has 128 valence electrons. The van der Waals surface area contributed by atoms with Crippen LogP contribution in [0.15, 0.2) is 24.3 Å². The molecule has 0 heterocycles. The Morgan fingerprint density at radius 2 is 1.65 bits per heavy atom. The monoisotopic (exact) mass is 323 g/mol. The summed E-state index contributed by atoms with van der Waals surface area (Å²) in [6.07, 6.45) is 3.19. The van der Waals surface area contributed by atoms with Gasteiger partial charge in [-0.15, -0.1) is 0 Å². The number of hydrogen-bond donors (Lipinski definition) is 4. The number of aliphatic hydroxyl groups is 2. The summed E-state index contributed by atoms with van der Waals surface area (Å²) in [6, 6.07) is 5.79. The molecule has 1 rings (SSSR count). The number of hydrogen-bond acceptors (Lipinski definition) is 5. The average molecular weight is 323 g/mol. The first-order valence-electron chi connectivity index (χ1n) is 7.86. The zero-order chi connectivity index (χ0) is 17.2. The number of carboxylic acids is 1. The van der Waals surface area contributed by atoms with Gasteiger partial charge in [-0.3, -0.25) is 9.59 Å². The van der Waals surface area contributed by atoms with Gasteiger partial charge in [0.15, 0.2) is 5.78 Å². The predicted octanol–water partition coefficient (Wildman–Crippen LogP) is 1.65. The lowest BCUT2D eigenvalue weighted by molar-refractivity contribution is -0.138. The molecule has 0 aliphatic rings. The van der Waals surface area contributed by atoms with E-state index in [9.17, 15) is 14.7 Å². The van der Waals surface area contributed by atoms with Crippen LogP contribution in [0.4, 0.5) is 0 Å². The topological polar surface area (TPSA) is 121 Å². The van der Waals surface area contributed by atoms with Gasteiger partial charge in [-0.25, -0.2) is 0 Å². The fourth-order valence-corrected chi connectivity index (χ4v) is 2.27. The molecule has 0 aliphatic heterocycles. The minimum Gasteiger partial charge on any atom is -0.480 e. The summed E-state index contributed by atoms with van der Waals surface area (Å²) in [5.74, 6) is -0.938. The van der Waals surface area contributed by atoms with Gasteiger partial charge in [-0.05, 0) is 18.4 Å². The number of benzene rings is 1. The molecule has 2 atom stereocenters. The number of ketones is 1. The summed E-state index contributed by atoms with van der Waals surface area (Å²) in [5.41, 5.74) is 6.58. The molecular formula is C17H25NO5. The molecule has 1 aromatic rings.